The lowest BCUT2D eigenvalue weighted by molar-refractivity contribution is 0.0928. The summed E-state index contributed by atoms with van der Waals surface area (Å²) in [6.07, 6.45) is 74.0. The van der Waals surface area contributed by atoms with Gasteiger partial charge in [-0.15, -0.1) is 0 Å². The average molecular weight is 1560 g/mol. The second-order valence-corrected chi connectivity index (χ2v) is 43.4. The lowest BCUT2D eigenvalue weighted by atomic mass is 9.60. The minimum absolute atomic E-state index is 0.172. The third kappa shape index (κ3) is 24.3. The van der Waals surface area contributed by atoms with Gasteiger partial charge in [-0.3, -0.25) is 0 Å². The normalized spacial score (nSPS) is 37.9. The van der Waals surface area contributed by atoms with E-state index < -0.39 is 0 Å². The Balaban J connectivity index is 0.000000174. The van der Waals surface area contributed by atoms with E-state index in [0.29, 0.717) is 45.3 Å². The van der Waals surface area contributed by atoms with E-state index in [-0.39, 0.29) is 24.4 Å². The van der Waals surface area contributed by atoms with Gasteiger partial charge < -0.3 is 20.4 Å². The summed E-state index contributed by atoms with van der Waals surface area (Å²) in [6, 6.07) is 0. The molecule has 114 heavy (non-hydrogen) atoms. The van der Waals surface area contributed by atoms with E-state index in [1.54, 1.807) is 22.3 Å². The standard InChI is InChI=1S/2C28H44O.2C27H44O/c2*1-19(2)20(3)9-10-22(5)26-15-16-27-23(8-7-17-28(26,27)6)12-13-24-18-25(29)14-11-21(24)4;2*1-19(2)8-6-9-21(4)25-15-16-26-22(10-7-17-27(25,26)5)12-13-23-18-24(28)14-11-20(23)3/h2*9-10,12-13,19-20,22,25-27,29H,4,7-8,11,14-18H2,1-3,5-6H3;2*12-13,19,21,24-26,28H,3,6-11,14-18H2,1-2,4-5H3/b2*10-9+,23-12+,24-13-;2*22-12+,23-13-/t2*20-,22+,25-,26+,27-,28+;2*21-,24+,25-,26+,27-/m0011/s1. The maximum Gasteiger partial charge on any atom is 0.0583 e. The molecule has 0 spiro atoms. The molecule has 12 saturated carbocycles. The van der Waals surface area contributed by atoms with Gasteiger partial charge in [0, 0.05) is 0 Å². The van der Waals surface area contributed by atoms with Crippen LogP contribution in [-0.2, 0) is 0 Å². The summed E-state index contributed by atoms with van der Waals surface area (Å²) >= 11 is 0. The predicted molar refractivity (Wildman–Crippen MR) is 494 cm³/mol. The van der Waals surface area contributed by atoms with Crippen LogP contribution in [0, 0.1) is 128 Å². The van der Waals surface area contributed by atoms with Gasteiger partial charge in [-0.05, 0) is 356 Å². The van der Waals surface area contributed by atoms with Crippen molar-refractivity contribution in [3.8, 4) is 0 Å². The van der Waals surface area contributed by atoms with Gasteiger partial charge in [-0.1, -0.05) is 307 Å². The molecule has 0 aliphatic heterocycles. The van der Waals surface area contributed by atoms with Crippen molar-refractivity contribution < 1.29 is 20.4 Å². The maximum atomic E-state index is 10.0. The smallest absolute Gasteiger partial charge is 0.0583 e. The fraction of sp³-hybridized carbons (Fsp3) is 0.745. The predicted octanol–water partition coefficient (Wildman–Crippen LogP) is 30.5. The van der Waals surface area contributed by atoms with Gasteiger partial charge in [0.15, 0.2) is 0 Å². The Morgan fingerprint density at radius 3 is 0.798 bits per heavy atom. The minimum atomic E-state index is -0.182. The zero-order valence-corrected chi connectivity index (χ0v) is 77.1. The number of aliphatic hydroxyl groups is 4. The molecule has 12 aliphatic rings. The molecule has 4 N–H and O–H groups in total. The van der Waals surface area contributed by atoms with Crippen LogP contribution in [0.15, 0.2) is 166 Å². The second-order valence-electron chi connectivity index (χ2n) is 43.4. The molecule has 4 nitrogen and oxygen atoms in total. The van der Waals surface area contributed by atoms with Crippen molar-refractivity contribution in [1.29, 1.82) is 0 Å². The summed E-state index contributed by atoms with van der Waals surface area (Å²) in [5.74, 6) is 13.9. The van der Waals surface area contributed by atoms with Crippen LogP contribution in [0.2, 0.25) is 0 Å². The Bertz CT molecular complexity index is 3250. The molecule has 0 bridgehead atoms. The molecular formula is C110H176O4. The fourth-order valence-electron chi connectivity index (χ4n) is 25.8. The van der Waals surface area contributed by atoms with Crippen LogP contribution >= 0.6 is 0 Å². The molecule has 0 aromatic rings. The van der Waals surface area contributed by atoms with Crippen LogP contribution in [0.4, 0.5) is 0 Å². The second kappa shape index (κ2) is 43.1. The number of allylic oxidation sites excluding steroid dienone is 20. The molecule has 640 valence electrons. The zero-order chi connectivity index (χ0) is 83.0. The highest BCUT2D eigenvalue weighted by molar-refractivity contribution is 5.40. The molecule has 0 unspecified atom stereocenters. The lowest BCUT2D eigenvalue weighted by Crippen LogP contribution is -2.36. The largest absolute Gasteiger partial charge is 0.393 e. The van der Waals surface area contributed by atoms with Gasteiger partial charge in [-0.2, -0.15) is 0 Å². The van der Waals surface area contributed by atoms with Gasteiger partial charge in [0.1, 0.15) is 0 Å². The van der Waals surface area contributed by atoms with Crippen molar-refractivity contribution >= 4 is 0 Å². The molecule has 0 aromatic carbocycles. The van der Waals surface area contributed by atoms with E-state index in [4.69, 9.17) is 0 Å². The number of rotatable bonds is 22. The summed E-state index contributed by atoms with van der Waals surface area (Å²) in [6.45, 7) is 60.7. The van der Waals surface area contributed by atoms with Crippen molar-refractivity contribution in [1.82, 2.24) is 0 Å². The van der Waals surface area contributed by atoms with Gasteiger partial charge in [0.25, 0.3) is 0 Å². The molecule has 0 radical (unpaired) electrons. The molecule has 12 rings (SSSR count). The molecule has 0 heterocycles. The number of hydrogen-bond donors (Lipinski definition) is 4. The van der Waals surface area contributed by atoms with Gasteiger partial charge in [-0.25, -0.2) is 0 Å². The monoisotopic (exact) mass is 1560 g/mol. The Hall–Kier alpha value is -3.80. The molecular weight excluding hydrogens is 1390 g/mol. The van der Waals surface area contributed by atoms with Crippen molar-refractivity contribution in [2.75, 3.05) is 0 Å². The summed E-state index contributed by atoms with van der Waals surface area (Å²) in [7, 11) is 0. The zero-order valence-electron chi connectivity index (χ0n) is 77.1. The van der Waals surface area contributed by atoms with Crippen LogP contribution in [0.1, 0.15) is 369 Å². The molecule has 12 aliphatic carbocycles. The highest BCUT2D eigenvalue weighted by atomic mass is 16.3. The Kier molecular flexibility index (Phi) is 35.6. The summed E-state index contributed by atoms with van der Waals surface area (Å²) < 4.78 is 0. The molecule has 0 amide bonds. The van der Waals surface area contributed by atoms with E-state index >= 15 is 0 Å². The van der Waals surface area contributed by atoms with Gasteiger partial charge in [0.05, 0.1) is 24.4 Å². The van der Waals surface area contributed by atoms with Crippen LogP contribution in [0.5, 0.6) is 0 Å². The average Bonchev–Trinajstić information content (AvgIpc) is 1.60. The molecule has 0 aromatic heterocycles. The first kappa shape index (κ1) is 94.1. The fourth-order valence-corrected chi connectivity index (χ4v) is 25.8. The summed E-state index contributed by atoms with van der Waals surface area (Å²) in [5, 5.41) is 40.1. The van der Waals surface area contributed by atoms with Crippen LogP contribution in [-0.4, -0.2) is 44.8 Å². The van der Waals surface area contributed by atoms with Crippen LogP contribution < -0.4 is 0 Å². The number of fused-ring (bicyclic) bond motifs is 4. The van der Waals surface area contributed by atoms with Crippen molar-refractivity contribution in [2.45, 2.75) is 393 Å². The van der Waals surface area contributed by atoms with E-state index in [9.17, 15) is 20.4 Å². The molecule has 12 fully saturated rings. The Morgan fingerprint density at radius 2 is 0.553 bits per heavy atom. The Morgan fingerprint density at radius 1 is 0.307 bits per heavy atom. The molecule has 4 heteroatoms. The highest BCUT2D eigenvalue weighted by Gasteiger charge is 2.54. The third-order valence-electron chi connectivity index (χ3n) is 34.0. The quantitative estimate of drug-likeness (QED) is 0.0815. The Labute approximate surface area is 703 Å². The van der Waals surface area contributed by atoms with E-state index in [1.807, 2.05) is 0 Å². The molecule has 22 atom stereocenters. The van der Waals surface area contributed by atoms with Crippen LogP contribution in [0.25, 0.3) is 0 Å². The third-order valence-corrected chi connectivity index (χ3v) is 34.0. The van der Waals surface area contributed by atoms with E-state index in [0.717, 1.165) is 160 Å². The van der Waals surface area contributed by atoms with Crippen LogP contribution in [0.3, 0.4) is 0 Å². The van der Waals surface area contributed by atoms with Gasteiger partial charge in [0.2, 0.25) is 0 Å². The van der Waals surface area contributed by atoms with E-state index in [1.165, 1.54) is 212 Å². The number of aliphatic hydroxyl groups excluding tert-OH is 4. The summed E-state index contributed by atoms with van der Waals surface area (Å²) in [4.78, 5) is 0. The van der Waals surface area contributed by atoms with Crippen molar-refractivity contribution in [3.63, 3.8) is 0 Å². The SMILES string of the molecule is C=C1CC[C@H](O)C/C1=C/C=C1\CCC[C@]2(C)[C@@H]([C@H](C)/C=C/[C@H](C)C(C)C)CC[C@@H]12.C=C1CC[C@H](O)C/C1=C/C=C1\CCC[C@]2(C)[C@@H]([C@H](C)/C=C/[C@H](C)C(C)C)CC[C@@H]12.C=C1CC[C@H](O)C/C1=C/C=C1\CCC[C@]2(C)[C@@H]([C@H](C)CCCC(C)C)CC[C@@H]12.C=C1CC[C@H](O)C/C1=C/C=C1\CCC[C@]2(C)[C@@H]([C@H](C)CCCC(C)C)CC[C@@H]12. The maximum absolute atomic E-state index is 10.0. The van der Waals surface area contributed by atoms with Crippen molar-refractivity contribution in [3.05, 3.63) is 166 Å². The van der Waals surface area contributed by atoms with Gasteiger partial charge >= 0.3 is 0 Å². The number of hydrogen-bond acceptors (Lipinski definition) is 4. The lowest BCUT2D eigenvalue weighted by Gasteiger charge is -2.44. The molecule has 0 saturated heterocycles. The van der Waals surface area contributed by atoms with E-state index in [2.05, 4.69) is 224 Å². The first-order valence-corrected chi connectivity index (χ1v) is 48.5. The topological polar surface area (TPSA) is 80.9 Å². The highest BCUT2D eigenvalue weighted by Crippen LogP contribution is 2.64. The first-order valence-electron chi connectivity index (χ1n) is 48.5. The first-order chi connectivity index (χ1) is 54.1. The summed E-state index contributed by atoms with van der Waals surface area (Å²) in [5.41, 5.74) is 18.6. The van der Waals surface area contributed by atoms with Crippen molar-refractivity contribution in [2.24, 2.45) is 128 Å². The minimum Gasteiger partial charge on any atom is -0.393 e.